The third-order valence-electron chi connectivity index (χ3n) is 16.5. The predicted octanol–water partition coefficient (Wildman–Crippen LogP) is 22.8. The fourth-order valence-electron chi connectivity index (χ4n) is 10.6. The van der Waals surface area contributed by atoms with Gasteiger partial charge in [0.1, 0.15) is 19.3 Å². The average Bonchev–Trinajstić information content (AvgIpc) is 0.988. The van der Waals surface area contributed by atoms with Gasteiger partial charge < -0.3 is 33.8 Å². The van der Waals surface area contributed by atoms with E-state index in [4.69, 9.17) is 37.0 Å². The second-order valence-electron chi connectivity index (χ2n) is 26.2. The molecule has 100 heavy (non-hydrogen) atoms. The molecule has 0 fully saturated rings. The first-order valence-electron chi connectivity index (χ1n) is 39.5. The van der Waals surface area contributed by atoms with Crippen molar-refractivity contribution in [3.05, 3.63) is 97.2 Å². The summed E-state index contributed by atoms with van der Waals surface area (Å²) < 4.78 is 68.5. The predicted molar refractivity (Wildman–Crippen MR) is 409 cm³/mol. The van der Waals surface area contributed by atoms with Gasteiger partial charge in [0.2, 0.25) is 0 Å². The molecule has 0 radical (unpaired) electrons. The van der Waals surface area contributed by atoms with Crippen LogP contribution in [0.25, 0.3) is 0 Å². The third-order valence-corrected chi connectivity index (χ3v) is 18.4. The molecular formula is C81H142O17P2. The number of carbonyl (C=O) groups is 4. The average molecular weight is 1450 g/mol. The Morgan fingerprint density at radius 2 is 0.520 bits per heavy atom. The molecule has 0 aromatic heterocycles. The topological polar surface area (TPSA) is 237 Å². The van der Waals surface area contributed by atoms with Crippen LogP contribution in [-0.2, 0) is 65.4 Å². The number of rotatable bonds is 74. The van der Waals surface area contributed by atoms with Crippen molar-refractivity contribution in [2.45, 2.75) is 354 Å². The zero-order valence-electron chi connectivity index (χ0n) is 63.1. The number of phosphoric ester groups is 2. The van der Waals surface area contributed by atoms with Crippen molar-refractivity contribution in [1.29, 1.82) is 0 Å². The van der Waals surface area contributed by atoms with Gasteiger partial charge in [-0.25, -0.2) is 9.13 Å². The lowest BCUT2D eigenvalue weighted by molar-refractivity contribution is -0.161. The normalized spacial score (nSPS) is 14.4. The molecule has 0 bridgehead atoms. The summed E-state index contributed by atoms with van der Waals surface area (Å²) in [7, 11) is -9.96. The molecule has 0 saturated heterocycles. The van der Waals surface area contributed by atoms with E-state index in [1.807, 2.05) is 0 Å². The Bertz CT molecular complexity index is 2270. The van der Waals surface area contributed by atoms with Gasteiger partial charge in [0.05, 0.1) is 26.4 Å². The van der Waals surface area contributed by atoms with Crippen LogP contribution in [-0.4, -0.2) is 96.7 Å². The maximum Gasteiger partial charge on any atom is 0.472 e. The SMILES string of the molecule is CC/C=C\C/C=C\C/C=C\C/C=C\CCCCC(=O)OCC(COP(=O)(O)OCC(O)COP(=O)(O)OCC(COC(=O)CCCCCCCCC/C=C\C/C=C\C/C=C\CC)OC(=O)CCCCCCCCCCCCCCC)OC(=O)CCCCCCC/C=C\CCCCCCCC. The van der Waals surface area contributed by atoms with E-state index in [0.29, 0.717) is 25.7 Å². The number of unbranched alkanes of at least 4 members (excludes halogenated alkanes) is 32. The van der Waals surface area contributed by atoms with Gasteiger partial charge in [-0.3, -0.25) is 37.3 Å². The van der Waals surface area contributed by atoms with Crippen LogP contribution >= 0.6 is 15.6 Å². The molecule has 0 aliphatic heterocycles. The van der Waals surface area contributed by atoms with Gasteiger partial charge in [0.25, 0.3) is 0 Å². The number of ether oxygens (including phenoxy) is 4. The lowest BCUT2D eigenvalue weighted by atomic mass is 10.0. The van der Waals surface area contributed by atoms with Crippen molar-refractivity contribution >= 4 is 39.5 Å². The van der Waals surface area contributed by atoms with E-state index in [9.17, 15) is 43.2 Å². The number of allylic oxidation sites excluding steroid dienone is 16. The summed E-state index contributed by atoms with van der Waals surface area (Å²) in [6.45, 7) is 4.62. The Labute approximate surface area is 607 Å². The van der Waals surface area contributed by atoms with Crippen LogP contribution in [0, 0.1) is 0 Å². The van der Waals surface area contributed by atoms with E-state index in [1.54, 1.807) is 0 Å². The van der Waals surface area contributed by atoms with Crippen molar-refractivity contribution in [2.75, 3.05) is 39.6 Å². The summed E-state index contributed by atoms with van der Waals surface area (Å²) in [5.74, 6) is -2.22. The zero-order chi connectivity index (χ0) is 73.2. The monoisotopic (exact) mass is 1450 g/mol. The van der Waals surface area contributed by atoms with Crippen molar-refractivity contribution in [1.82, 2.24) is 0 Å². The van der Waals surface area contributed by atoms with Crippen LogP contribution in [0.2, 0.25) is 0 Å². The van der Waals surface area contributed by atoms with Crippen molar-refractivity contribution < 1.29 is 80.2 Å². The van der Waals surface area contributed by atoms with Gasteiger partial charge in [-0.05, 0) is 122 Å². The summed E-state index contributed by atoms with van der Waals surface area (Å²) in [5, 5.41) is 10.6. The van der Waals surface area contributed by atoms with Crippen molar-refractivity contribution in [3.8, 4) is 0 Å². The minimum absolute atomic E-state index is 0.0767. The largest absolute Gasteiger partial charge is 0.472 e. The van der Waals surface area contributed by atoms with E-state index in [2.05, 4.69) is 125 Å². The molecule has 0 heterocycles. The highest BCUT2D eigenvalue weighted by Crippen LogP contribution is 2.45. The Morgan fingerprint density at radius 3 is 0.830 bits per heavy atom. The minimum atomic E-state index is -4.98. The lowest BCUT2D eigenvalue weighted by Crippen LogP contribution is -2.30. The fraction of sp³-hybridized carbons (Fsp3) is 0.753. The number of esters is 4. The maximum absolute atomic E-state index is 13.1. The summed E-state index contributed by atoms with van der Waals surface area (Å²) >= 11 is 0. The van der Waals surface area contributed by atoms with Crippen LogP contribution in [0.5, 0.6) is 0 Å². The number of aliphatic hydroxyl groups excluding tert-OH is 1. The van der Waals surface area contributed by atoms with Gasteiger partial charge in [-0.2, -0.15) is 0 Å². The van der Waals surface area contributed by atoms with Crippen LogP contribution in [0.1, 0.15) is 336 Å². The Kier molecular flexibility index (Phi) is 70.4. The van der Waals surface area contributed by atoms with Crippen molar-refractivity contribution in [3.63, 3.8) is 0 Å². The first-order chi connectivity index (χ1) is 48.7. The number of phosphoric acid groups is 2. The first-order valence-corrected chi connectivity index (χ1v) is 42.5. The molecule has 3 N–H and O–H groups in total. The zero-order valence-corrected chi connectivity index (χ0v) is 64.9. The standard InChI is InChI=1S/C81H142O17P2/c1-5-9-13-17-21-25-29-33-36-37-40-43-46-50-54-58-62-66-79(84)92-71-76(97-80(85)67-63-59-55-51-47-41-32-28-24-20-16-12-8-4)73-95-99(87,88)93-69-75(82)70-94-100(89,90)96-74-77(98-81(86)68-64-60-56-52-48-44-39-35-31-27-23-19-15-11-7-3)72-91-78(83)65-61-57-53-49-45-42-38-34-30-26-22-18-14-10-6-2/h9-10,13-14,21-22,25-26,33-36,38-39,45,49,75-77,82H,5-8,11-12,15-20,23-24,27-32,37,40-44,46-48,50-74H2,1-4H3,(H,87,88)(H,89,90)/b13-9-,14-10-,25-21-,26-22-,36-33-,38-34-,39-35-,49-45-. The molecule has 5 unspecified atom stereocenters. The molecule has 0 amide bonds. The number of aliphatic hydroxyl groups is 1. The summed E-state index contributed by atoms with van der Waals surface area (Å²) in [6, 6.07) is 0. The van der Waals surface area contributed by atoms with E-state index in [1.165, 1.54) is 89.9 Å². The molecule has 0 aliphatic carbocycles. The van der Waals surface area contributed by atoms with E-state index in [0.717, 1.165) is 167 Å². The second kappa shape index (κ2) is 73.3. The van der Waals surface area contributed by atoms with E-state index < -0.39 is 97.5 Å². The molecule has 0 saturated carbocycles. The van der Waals surface area contributed by atoms with Gasteiger partial charge in [-0.1, -0.05) is 285 Å². The number of carbonyl (C=O) groups excluding carboxylic acids is 4. The van der Waals surface area contributed by atoms with Crippen LogP contribution < -0.4 is 0 Å². The highest BCUT2D eigenvalue weighted by molar-refractivity contribution is 7.47. The van der Waals surface area contributed by atoms with E-state index >= 15 is 0 Å². The smallest absolute Gasteiger partial charge is 0.462 e. The second-order valence-corrected chi connectivity index (χ2v) is 29.2. The van der Waals surface area contributed by atoms with Gasteiger partial charge in [0, 0.05) is 25.7 Å². The molecule has 0 aliphatic rings. The molecule has 17 nitrogen and oxygen atoms in total. The fourth-order valence-corrected chi connectivity index (χ4v) is 12.2. The molecule has 0 aromatic rings. The molecule has 5 atom stereocenters. The van der Waals surface area contributed by atoms with Crippen LogP contribution in [0.4, 0.5) is 0 Å². The Hall–Kier alpha value is -4.02. The quantitative estimate of drug-likeness (QED) is 0.0169. The highest BCUT2D eigenvalue weighted by atomic mass is 31.2. The van der Waals surface area contributed by atoms with E-state index in [-0.39, 0.29) is 25.7 Å². The maximum atomic E-state index is 13.1. The van der Waals surface area contributed by atoms with Gasteiger partial charge in [0.15, 0.2) is 12.2 Å². The number of hydrogen-bond acceptors (Lipinski definition) is 15. The minimum Gasteiger partial charge on any atom is -0.462 e. The van der Waals surface area contributed by atoms with Crippen molar-refractivity contribution in [2.24, 2.45) is 0 Å². The molecule has 0 spiro atoms. The molecular weight excluding hydrogens is 1310 g/mol. The molecule has 0 aromatic carbocycles. The summed E-state index contributed by atoms with van der Waals surface area (Å²) in [5.41, 5.74) is 0. The van der Waals surface area contributed by atoms with Gasteiger partial charge in [-0.15, -0.1) is 0 Å². The first kappa shape index (κ1) is 96.0. The molecule has 19 heteroatoms. The summed E-state index contributed by atoms with van der Waals surface area (Å²) in [6.07, 6.45) is 76.7. The molecule has 578 valence electrons. The Balaban J connectivity index is 5.37. The van der Waals surface area contributed by atoms with Crippen LogP contribution in [0.15, 0.2) is 97.2 Å². The molecule has 0 rings (SSSR count). The lowest BCUT2D eigenvalue weighted by Gasteiger charge is -2.21. The summed E-state index contributed by atoms with van der Waals surface area (Å²) in [4.78, 5) is 72.9. The third kappa shape index (κ3) is 72.3. The highest BCUT2D eigenvalue weighted by Gasteiger charge is 2.30. The Morgan fingerprint density at radius 1 is 0.290 bits per heavy atom. The number of hydrogen-bond donors (Lipinski definition) is 3. The van der Waals surface area contributed by atoms with Crippen LogP contribution in [0.3, 0.4) is 0 Å². The van der Waals surface area contributed by atoms with Gasteiger partial charge >= 0.3 is 39.5 Å².